The Morgan fingerprint density at radius 3 is 2.77 bits per heavy atom. The van der Waals surface area contributed by atoms with Crippen molar-refractivity contribution in [3.8, 4) is 11.4 Å². The van der Waals surface area contributed by atoms with E-state index in [1.807, 2.05) is 31.2 Å². The highest BCUT2D eigenvalue weighted by Gasteiger charge is 2.12. The van der Waals surface area contributed by atoms with Crippen LogP contribution in [0.5, 0.6) is 0 Å². The number of nitrogens with zero attached hydrogens (tertiary/aromatic N) is 2. The van der Waals surface area contributed by atoms with Crippen LogP contribution in [-0.2, 0) is 11.2 Å². The molecular weight excluding hydrogens is 346 g/mol. The van der Waals surface area contributed by atoms with Crippen molar-refractivity contribution in [3.05, 3.63) is 34.6 Å². The summed E-state index contributed by atoms with van der Waals surface area (Å²) in [5.41, 5.74) is 0.888. The van der Waals surface area contributed by atoms with Gasteiger partial charge in [0.1, 0.15) is 0 Å². The summed E-state index contributed by atoms with van der Waals surface area (Å²) >= 11 is 3.39. The van der Waals surface area contributed by atoms with Crippen molar-refractivity contribution < 1.29 is 9.32 Å². The van der Waals surface area contributed by atoms with Crippen LogP contribution in [-0.4, -0.2) is 22.1 Å². The van der Waals surface area contributed by atoms with Gasteiger partial charge in [0.2, 0.25) is 17.6 Å². The van der Waals surface area contributed by atoms with Gasteiger partial charge in [0.05, 0.1) is 0 Å². The number of amides is 1. The number of rotatable bonds is 7. The Hall–Kier alpha value is -1.69. The van der Waals surface area contributed by atoms with Crippen molar-refractivity contribution in [2.45, 2.75) is 45.6 Å². The van der Waals surface area contributed by atoms with Crippen molar-refractivity contribution in [2.75, 3.05) is 0 Å². The number of nitrogens with one attached hydrogen (secondary N) is 1. The van der Waals surface area contributed by atoms with E-state index in [0.29, 0.717) is 24.6 Å². The van der Waals surface area contributed by atoms with Gasteiger partial charge in [0, 0.05) is 28.9 Å². The predicted octanol–water partition coefficient (Wildman–Crippen LogP) is 3.74. The van der Waals surface area contributed by atoms with Gasteiger partial charge in [-0.1, -0.05) is 34.4 Å². The number of halogens is 1. The Balaban J connectivity index is 1.87. The summed E-state index contributed by atoms with van der Waals surface area (Å²) in [6.45, 7) is 4.12. The summed E-state index contributed by atoms with van der Waals surface area (Å²) in [5.74, 6) is 1.04. The Labute approximate surface area is 138 Å². The molecule has 1 atom stereocenters. The van der Waals surface area contributed by atoms with E-state index in [1.165, 1.54) is 0 Å². The molecule has 0 aliphatic rings. The van der Waals surface area contributed by atoms with E-state index < -0.39 is 0 Å². The third kappa shape index (κ3) is 4.94. The summed E-state index contributed by atoms with van der Waals surface area (Å²) in [6, 6.07) is 7.89. The normalized spacial score (nSPS) is 12.1. The molecule has 1 amide bonds. The lowest BCUT2D eigenvalue weighted by Crippen LogP contribution is -2.32. The second-order valence-corrected chi connectivity index (χ2v) is 6.19. The van der Waals surface area contributed by atoms with Gasteiger partial charge in [0.15, 0.2) is 0 Å². The van der Waals surface area contributed by atoms with E-state index in [9.17, 15) is 4.79 Å². The molecule has 6 heteroatoms. The van der Waals surface area contributed by atoms with Crippen LogP contribution >= 0.6 is 15.9 Å². The minimum absolute atomic E-state index is 0.0179. The maximum atomic E-state index is 11.8. The van der Waals surface area contributed by atoms with E-state index in [0.717, 1.165) is 22.9 Å². The summed E-state index contributed by atoms with van der Waals surface area (Å²) < 4.78 is 6.20. The van der Waals surface area contributed by atoms with Gasteiger partial charge in [-0.15, -0.1) is 0 Å². The number of benzene rings is 1. The fourth-order valence-electron chi connectivity index (χ4n) is 2.15. The highest BCUT2D eigenvalue weighted by molar-refractivity contribution is 9.10. The first-order chi connectivity index (χ1) is 10.6. The van der Waals surface area contributed by atoms with E-state index in [-0.39, 0.29) is 11.9 Å². The first kappa shape index (κ1) is 16.7. The Morgan fingerprint density at radius 1 is 1.36 bits per heavy atom. The molecule has 0 radical (unpaired) electrons. The first-order valence-electron chi connectivity index (χ1n) is 7.46. The minimum Gasteiger partial charge on any atom is -0.354 e. The number of hydrogen-bond donors (Lipinski definition) is 1. The number of carbonyl (C=O) groups is 1. The van der Waals surface area contributed by atoms with Gasteiger partial charge in [-0.3, -0.25) is 4.79 Å². The topological polar surface area (TPSA) is 68.0 Å². The molecule has 22 heavy (non-hydrogen) atoms. The molecule has 0 bridgehead atoms. The van der Waals surface area contributed by atoms with Gasteiger partial charge >= 0.3 is 0 Å². The molecule has 1 aromatic carbocycles. The van der Waals surface area contributed by atoms with E-state index in [4.69, 9.17) is 4.52 Å². The molecule has 1 N–H and O–H groups in total. The maximum absolute atomic E-state index is 11.8. The Kier molecular flexibility index (Phi) is 6.12. The summed E-state index contributed by atoms with van der Waals surface area (Å²) in [4.78, 5) is 16.1. The second-order valence-electron chi connectivity index (χ2n) is 5.28. The highest BCUT2D eigenvalue weighted by atomic mass is 79.9. The van der Waals surface area contributed by atoms with Gasteiger partial charge in [-0.05, 0) is 37.6 Å². The molecular formula is C16H20BrN3O2. The standard InChI is InChI=1S/C16H20BrN3O2/c1-3-4-11(2)18-14(21)9-10-15-19-16(20-22-15)12-5-7-13(17)8-6-12/h5-8,11H,3-4,9-10H2,1-2H3,(H,18,21)/t11-/m1/s1. The van der Waals surface area contributed by atoms with Crippen LogP contribution in [0.4, 0.5) is 0 Å². The van der Waals surface area contributed by atoms with E-state index in [1.54, 1.807) is 0 Å². The molecule has 0 aliphatic heterocycles. The fourth-order valence-corrected chi connectivity index (χ4v) is 2.41. The zero-order chi connectivity index (χ0) is 15.9. The SMILES string of the molecule is CCC[C@@H](C)NC(=O)CCc1nc(-c2ccc(Br)cc2)no1. The van der Waals surface area contributed by atoms with Gasteiger partial charge in [-0.2, -0.15) is 4.98 Å². The average Bonchev–Trinajstić information content (AvgIpc) is 2.95. The van der Waals surface area contributed by atoms with Gasteiger partial charge in [0.25, 0.3) is 0 Å². The molecule has 0 saturated heterocycles. The summed E-state index contributed by atoms with van der Waals surface area (Å²) in [6.07, 6.45) is 2.85. The van der Waals surface area contributed by atoms with Gasteiger partial charge < -0.3 is 9.84 Å². The second kappa shape index (κ2) is 8.08. The number of hydrogen-bond acceptors (Lipinski definition) is 4. The molecule has 0 unspecified atom stereocenters. The monoisotopic (exact) mass is 365 g/mol. The first-order valence-corrected chi connectivity index (χ1v) is 8.25. The van der Waals surface area contributed by atoms with E-state index in [2.05, 4.69) is 38.3 Å². The van der Waals surface area contributed by atoms with Crippen molar-refractivity contribution in [1.82, 2.24) is 15.5 Å². The lowest BCUT2D eigenvalue weighted by Gasteiger charge is -2.11. The number of carbonyl (C=O) groups excluding carboxylic acids is 1. The highest BCUT2D eigenvalue weighted by Crippen LogP contribution is 2.19. The van der Waals surface area contributed by atoms with Crippen LogP contribution in [0.15, 0.2) is 33.3 Å². The van der Waals surface area contributed by atoms with Crippen molar-refractivity contribution in [3.63, 3.8) is 0 Å². The number of aromatic nitrogens is 2. The van der Waals surface area contributed by atoms with Crippen molar-refractivity contribution in [2.24, 2.45) is 0 Å². The molecule has 1 heterocycles. The molecule has 2 rings (SSSR count). The third-order valence-corrected chi connectivity index (χ3v) is 3.79. The smallest absolute Gasteiger partial charge is 0.227 e. The molecule has 5 nitrogen and oxygen atoms in total. The average molecular weight is 366 g/mol. The predicted molar refractivity (Wildman–Crippen MR) is 88.3 cm³/mol. The lowest BCUT2D eigenvalue weighted by molar-refractivity contribution is -0.121. The summed E-state index contributed by atoms with van der Waals surface area (Å²) in [7, 11) is 0. The quantitative estimate of drug-likeness (QED) is 0.811. The Morgan fingerprint density at radius 2 is 2.09 bits per heavy atom. The largest absolute Gasteiger partial charge is 0.354 e. The maximum Gasteiger partial charge on any atom is 0.227 e. The molecule has 0 saturated carbocycles. The molecule has 0 fully saturated rings. The van der Waals surface area contributed by atoms with Gasteiger partial charge in [-0.25, -0.2) is 0 Å². The number of aryl methyl sites for hydroxylation is 1. The molecule has 2 aromatic rings. The van der Waals surface area contributed by atoms with Crippen molar-refractivity contribution in [1.29, 1.82) is 0 Å². The van der Waals surface area contributed by atoms with Crippen LogP contribution < -0.4 is 5.32 Å². The van der Waals surface area contributed by atoms with Crippen molar-refractivity contribution >= 4 is 21.8 Å². The minimum atomic E-state index is 0.0179. The van der Waals surface area contributed by atoms with Crippen LogP contribution in [0.3, 0.4) is 0 Å². The fraction of sp³-hybridized carbons (Fsp3) is 0.438. The Bertz CT molecular complexity index is 610. The van der Waals surface area contributed by atoms with E-state index >= 15 is 0 Å². The molecule has 0 aliphatic carbocycles. The van der Waals surface area contributed by atoms with Crippen LogP contribution in [0.1, 0.15) is 39.0 Å². The van der Waals surface area contributed by atoms with Crippen LogP contribution in [0.25, 0.3) is 11.4 Å². The van der Waals surface area contributed by atoms with Crippen LogP contribution in [0.2, 0.25) is 0 Å². The summed E-state index contributed by atoms with van der Waals surface area (Å²) in [5, 5.41) is 6.91. The third-order valence-electron chi connectivity index (χ3n) is 3.27. The zero-order valence-electron chi connectivity index (χ0n) is 12.8. The lowest BCUT2D eigenvalue weighted by atomic mass is 10.2. The molecule has 118 valence electrons. The molecule has 1 aromatic heterocycles. The molecule has 0 spiro atoms. The zero-order valence-corrected chi connectivity index (χ0v) is 14.4. The van der Waals surface area contributed by atoms with Crippen LogP contribution in [0, 0.1) is 0 Å².